The molecular weight excluding hydrogens is 174 g/mol. The van der Waals surface area contributed by atoms with Crippen LogP contribution in [-0.2, 0) is 0 Å². The molecule has 0 amide bonds. The zero-order chi connectivity index (χ0) is 9.38. The molecule has 3 heteroatoms. The normalized spacial score (nSPS) is 22.9. The summed E-state index contributed by atoms with van der Waals surface area (Å²) in [5.41, 5.74) is 0. The Hall–Kier alpha value is -0.990. The average Bonchev–Trinajstić information content (AvgIpc) is 2.68. The van der Waals surface area contributed by atoms with Gasteiger partial charge < -0.3 is 9.88 Å². The number of rotatable bonds is 3. The fourth-order valence-electron chi connectivity index (χ4n) is 2.31. The molecule has 2 fully saturated rings. The standard InChI is InChI=1S/C11H17N3/c1-2-4-10(3-1)14-8-7-12-11(14)13-9-5-6-9/h7-10H,1-6H2,(H,12,13). The highest BCUT2D eigenvalue weighted by Gasteiger charge is 2.25. The van der Waals surface area contributed by atoms with Crippen LogP contribution in [0.25, 0.3) is 0 Å². The first-order valence-electron chi connectivity index (χ1n) is 5.73. The van der Waals surface area contributed by atoms with Gasteiger partial charge >= 0.3 is 0 Å². The van der Waals surface area contributed by atoms with E-state index in [9.17, 15) is 0 Å². The van der Waals surface area contributed by atoms with Gasteiger partial charge in [-0.05, 0) is 25.7 Å². The van der Waals surface area contributed by atoms with Crippen molar-refractivity contribution >= 4 is 5.95 Å². The smallest absolute Gasteiger partial charge is 0.203 e. The maximum absolute atomic E-state index is 4.39. The Labute approximate surface area is 84.5 Å². The number of aromatic nitrogens is 2. The summed E-state index contributed by atoms with van der Waals surface area (Å²) in [6.45, 7) is 0. The van der Waals surface area contributed by atoms with E-state index in [-0.39, 0.29) is 0 Å². The molecule has 1 heterocycles. The summed E-state index contributed by atoms with van der Waals surface area (Å²) in [5, 5.41) is 3.49. The first kappa shape index (κ1) is 8.33. The number of anilines is 1. The van der Waals surface area contributed by atoms with E-state index in [1.54, 1.807) is 0 Å². The van der Waals surface area contributed by atoms with Crippen LogP contribution in [-0.4, -0.2) is 15.6 Å². The van der Waals surface area contributed by atoms with Crippen molar-refractivity contribution < 1.29 is 0 Å². The van der Waals surface area contributed by atoms with Crippen LogP contribution in [0.2, 0.25) is 0 Å². The molecule has 3 nitrogen and oxygen atoms in total. The minimum absolute atomic E-state index is 0.706. The number of nitrogens with zero attached hydrogens (tertiary/aromatic N) is 2. The Kier molecular flexibility index (Phi) is 1.96. The molecule has 2 aliphatic carbocycles. The molecule has 1 aromatic heterocycles. The van der Waals surface area contributed by atoms with Crippen molar-refractivity contribution in [2.24, 2.45) is 0 Å². The molecule has 0 saturated heterocycles. The SMILES string of the molecule is c1cn(C2CCCC2)c(NC2CC2)n1. The maximum Gasteiger partial charge on any atom is 0.203 e. The third-order valence-electron chi connectivity index (χ3n) is 3.30. The summed E-state index contributed by atoms with van der Waals surface area (Å²) < 4.78 is 2.34. The molecule has 1 N–H and O–H groups in total. The molecule has 2 aliphatic rings. The predicted molar refractivity (Wildman–Crippen MR) is 56.4 cm³/mol. The van der Waals surface area contributed by atoms with E-state index < -0.39 is 0 Å². The Morgan fingerprint density at radius 2 is 2.00 bits per heavy atom. The molecule has 0 aliphatic heterocycles. The van der Waals surface area contributed by atoms with Crippen LogP contribution in [0.15, 0.2) is 12.4 Å². The van der Waals surface area contributed by atoms with Gasteiger partial charge in [-0.15, -0.1) is 0 Å². The molecule has 0 aromatic carbocycles. The number of imidazole rings is 1. The van der Waals surface area contributed by atoms with E-state index in [0.29, 0.717) is 12.1 Å². The van der Waals surface area contributed by atoms with E-state index in [0.717, 1.165) is 5.95 Å². The molecule has 76 valence electrons. The second kappa shape index (κ2) is 3.30. The summed E-state index contributed by atoms with van der Waals surface area (Å²) in [5.74, 6) is 1.10. The van der Waals surface area contributed by atoms with Gasteiger partial charge in [-0.3, -0.25) is 0 Å². The molecule has 0 atom stereocenters. The lowest BCUT2D eigenvalue weighted by molar-refractivity contribution is 0.523. The summed E-state index contributed by atoms with van der Waals surface area (Å²) in [6, 6.07) is 1.41. The lowest BCUT2D eigenvalue weighted by Gasteiger charge is -2.15. The summed E-state index contributed by atoms with van der Waals surface area (Å²) in [6.07, 6.45) is 12.1. The van der Waals surface area contributed by atoms with Gasteiger partial charge in [-0.1, -0.05) is 12.8 Å². The van der Waals surface area contributed by atoms with Gasteiger partial charge in [-0.25, -0.2) is 4.98 Å². The third-order valence-corrected chi connectivity index (χ3v) is 3.30. The lowest BCUT2D eigenvalue weighted by atomic mass is 10.2. The Bertz CT molecular complexity index is 308. The topological polar surface area (TPSA) is 29.9 Å². The maximum atomic E-state index is 4.39. The predicted octanol–water partition coefficient (Wildman–Crippen LogP) is 2.57. The number of hydrogen-bond donors (Lipinski definition) is 1. The van der Waals surface area contributed by atoms with Gasteiger partial charge in [0, 0.05) is 24.5 Å². The van der Waals surface area contributed by atoms with Crippen molar-refractivity contribution in [1.82, 2.24) is 9.55 Å². The van der Waals surface area contributed by atoms with Crippen LogP contribution >= 0.6 is 0 Å². The highest BCUT2D eigenvalue weighted by Crippen LogP contribution is 2.32. The van der Waals surface area contributed by atoms with E-state index in [1.807, 2.05) is 6.20 Å². The van der Waals surface area contributed by atoms with Crippen LogP contribution in [0.3, 0.4) is 0 Å². The second-order valence-corrected chi connectivity index (χ2v) is 4.52. The van der Waals surface area contributed by atoms with Gasteiger partial charge in [0.25, 0.3) is 0 Å². The molecule has 14 heavy (non-hydrogen) atoms. The van der Waals surface area contributed by atoms with Crippen molar-refractivity contribution in [2.45, 2.75) is 50.6 Å². The molecular formula is C11H17N3. The van der Waals surface area contributed by atoms with Crippen LogP contribution in [0.5, 0.6) is 0 Å². The molecule has 3 rings (SSSR count). The van der Waals surface area contributed by atoms with E-state index in [2.05, 4.69) is 21.1 Å². The average molecular weight is 191 g/mol. The summed E-state index contributed by atoms with van der Waals surface area (Å²) in [4.78, 5) is 4.39. The quantitative estimate of drug-likeness (QED) is 0.795. The molecule has 0 spiro atoms. The molecule has 1 aromatic rings. The van der Waals surface area contributed by atoms with Crippen molar-refractivity contribution in [2.75, 3.05) is 5.32 Å². The Balaban J connectivity index is 1.77. The van der Waals surface area contributed by atoms with Crippen LogP contribution < -0.4 is 5.32 Å². The highest BCUT2D eigenvalue weighted by atomic mass is 15.2. The van der Waals surface area contributed by atoms with Gasteiger partial charge in [-0.2, -0.15) is 0 Å². The van der Waals surface area contributed by atoms with Crippen LogP contribution in [0, 0.1) is 0 Å². The second-order valence-electron chi connectivity index (χ2n) is 4.52. The van der Waals surface area contributed by atoms with Gasteiger partial charge in [0.05, 0.1) is 0 Å². The van der Waals surface area contributed by atoms with Crippen LogP contribution in [0.4, 0.5) is 5.95 Å². The van der Waals surface area contributed by atoms with Crippen molar-refractivity contribution in [3.63, 3.8) is 0 Å². The molecule has 2 saturated carbocycles. The van der Waals surface area contributed by atoms with Gasteiger partial charge in [0.15, 0.2) is 0 Å². The minimum atomic E-state index is 0.706. The fourth-order valence-corrected chi connectivity index (χ4v) is 2.31. The van der Waals surface area contributed by atoms with E-state index in [1.165, 1.54) is 38.5 Å². The zero-order valence-electron chi connectivity index (χ0n) is 8.45. The largest absolute Gasteiger partial charge is 0.353 e. The van der Waals surface area contributed by atoms with E-state index >= 15 is 0 Å². The molecule has 0 unspecified atom stereocenters. The van der Waals surface area contributed by atoms with E-state index in [4.69, 9.17) is 0 Å². The zero-order valence-corrected chi connectivity index (χ0v) is 8.45. The van der Waals surface area contributed by atoms with Crippen molar-refractivity contribution in [3.8, 4) is 0 Å². The monoisotopic (exact) mass is 191 g/mol. The minimum Gasteiger partial charge on any atom is -0.353 e. The van der Waals surface area contributed by atoms with Gasteiger partial charge in [0.2, 0.25) is 5.95 Å². The summed E-state index contributed by atoms with van der Waals surface area (Å²) in [7, 11) is 0. The highest BCUT2D eigenvalue weighted by molar-refractivity contribution is 5.30. The molecule has 0 bridgehead atoms. The first-order chi connectivity index (χ1) is 6.93. The first-order valence-corrected chi connectivity index (χ1v) is 5.73. The van der Waals surface area contributed by atoms with Crippen molar-refractivity contribution in [1.29, 1.82) is 0 Å². The Morgan fingerprint density at radius 3 is 2.71 bits per heavy atom. The van der Waals surface area contributed by atoms with Crippen molar-refractivity contribution in [3.05, 3.63) is 12.4 Å². The van der Waals surface area contributed by atoms with Crippen LogP contribution in [0.1, 0.15) is 44.6 Å². The number of nitrogens with one attached hydrogen (secondary N) is 1. The molecule has 0 radical (unpaired) electrons. The number of hydrogen-bond acceptors (Lipinski definition) is 2. The third kappa shape index (κ3) is 1.51. The lowest BCUT2D eigenvalue weighted by Crippen LogP contribution is -2.11. The van der Waals surface area contributed by atoms with Gasteiger partial charge in [0.1, 0.15) is 0 Å². The fraction of sp³-hybridized carbons (Fsp3) is 0.727. The Morgan fingerprint density at radius 1 is 1.21 bits per heavy atom. The summed E-state index contributed by atoms with van der Waals surface area (Å²) >= 11 is 0.